The number of alkyl halides is 3. The third-order valence-electron chi connectivity index (χ3n) is 4.57. The highest BCUT2D eigenvalue weighted by Gasteiger charge is 2.53. The van der Waals surface area contributed by atoms with Gasteiger partial charge in [0.2, 0.25) is 0 Å². The molecule has 2 atom stereocenters. The largest absolute Gasteiger partial charge is 0.523 e. The number of halogens is 3. The van der Waals surface area contributed by atoms with Gasteiger partial charge in [-0.2, -0.15) is 21.6 Å². The van der Waals surface area contributed by atoms with Crippen molar-refractivity contribution in [1.29, 1.82) is 0 Å². The molecule has 166 valence electrons. The van der Waals surface area contributed by atoms with Gasteiger partial charge in [-0.3, -0.25) is 0 Å². The van der Waals surface area contributed by atoms with Crippen molar-refractivity contribution in [1.82, 2.24) is 0 Å². The first-order chi connectivity index (χ1) is 14.1. The smallest absolute Gasteiger partial charge is 0.434 e. The van der Waals surface area contributed by atoms with Crippen LogP contribution >= 0.6 is 10.3 Å². The second kappa shape index (κ2) is 8.64. The normalized spacial score (nSPS) is 24.3. The summed E-state index contributed by atoms with van der Waals surface area (Å²) in [6.07, 6.45) is -1.01. The molecule has 3 rings (SSSR count). The summed E-state index contributed by atoms with van der Waals surface area (Å²) in [5, 5.41) is 1.34. The van der Waals surface area contributed by atoms with Gasteiger partial charge < -0.3 is 9.47 Å². The van der Waals surface area contributed by atoms with Crippen LogP contribution in [0, 0.1) is 0 Å². The predicted octanol–water partition coefficient (Wildman–Crippen LogP) is 5.12. The number of carbonyl (C=O) groups is 1. The minimum atomic E-state index is -5.86. The summed E-state index contributed by atoms with van der Waals surface area (Å²) in [5.74, 6) is -0.167. The van der Waals surface area contributed by atoms with E-state index in [-0.39, 0.29) is 24.5 Å². The molecule has 0 amide bonds. The Morgan fingerprint density at radius 3 is 2.57 bits per heavy atom. The molecular formula is C19H21F3O6S2. The molecule has 0 aromatic heterocycles. The fourth-order valence-corrected chi connectivity index (χ4v) is 8.69. The molecule has 0 saturated carbocycles. The van der Waals surface area contributed by atoms with Gasteiger partial charge in [0.25, 0.3) is 0 Å². The molecule has 1 aliphatic heterocycles. The topological polar surface area (TPSA) is 78.9 Å². The van der Waals surface area contributed by atoms with Gasteiger partial charge >= 0.3 is 21.8 Å². The van der Waals surface area contributed by atoms with E-state index in [0.717, 1.165) is 5.39 Å². The molecule has 11 heteroatoms. The first-order valence-corrected chi connectivity index (χ1v) is 12.5. The summed E-state index contributed by atoms with van der Waals surface area (Å²) in [6, 6.07) is 11.9. The highest BCUT2D eigenvalue weighted by atomic mass is 32.3. The Morgan fingerprint density at radius 1 is 1.17 bits per heavy atom. The Labute approximate surface area is 173 Å². The van der Waals surface area contributed by atoms with E-state index in [4.69, 9.17) is 13.1 Å². The molecule has 2 aromatic rings. The van der Waals surface area contributed by atoms with E-state index in [2.05, 4.69) is 0 Å². The van der Waals surface area contributed by atoms with Crippen molar-refractivity contribution in [2.45, 2.75) is 36.3 Å². The number of benzene rings is 2. The first kappa shape index (κ1) is 22.7. The Balaban J connectivity index is 2.00. The number of carbonyl (C=O) groups excluding carboxylic acids is 1. The van der Waals surface area contributed by atoms with Crippen LogP contribution in [0.4, 0.5) is 18.0 Å². The number of ether oxygens (including phenoxy) is 2. The van der Waals surface area contributed by atoms with E-state index in [1.54, 1.807) is 49.4 Å². The van der Waals surface area contributed by atoms with Crippen LogP contribution in [-0.4, -0.2) is 44.3 Å². The fourth-order valence-electron chi connectivity index (χ4n) is 3.27. The molecule has 2 unspecified atom stereocenters. The van der Waals surface area contributed by atoms with Crippen LogP contribution in [0.25, 0.3) is 10.8 Å². The summed E-state index contributed by atoms with van der Waals surface area (Å²) < 4.78 is 78.3. The molecule has 0 bridgehead atoms. The lowest BCUT2D eigenvalue weighted by Gasteiger charge is -2.35. The van der Waals surface area contributed by atoms with Gasteiger partial charge in [-0.05, 0) is 29.7 Å². The average Bonchev–Trinajstić information content (AvgIpc) is 3.07. The highest BCUT2D eigenvalue weighted by molar-refractivity contribution is 8.33. The van der Waals surface area contributed by atoms with Crippen LogP contribution in [0.5, 0.6) is 0 Å². The first-order valence-electron chi connectivity index (χ1n) is 9.20. The van der Waals surface area contributed by atoms with Crippen LogP contribution in [0.1, 0.15) is 19.8 Å². The molecule has 1 aliphatic rings. The third-order valence-corrected chi connectivity index (χ3v) is 9.85. The zero-order valence-corrected chi connectivity index (χ0v) is 17.7. The van der Waals surface area contributed by atoms with Crippen LogP contribution in [0.15, 0.2) is 47.4 Å². The van der Waals surface area contributed by atoms with E-state index >= 15 is 0 Å². The van der Waals surface area contributed by atoms with E-state index in [9.17, 15) is 26.4 Å². The summed E-state index contributed by atoms with van der Waals surface area (Å²) in [4.78, 5) is 12.2. The van der Waals surface area contributed by atoms with E-state index in [1.807, 2.05) is 0 Å². The van der Waals surface area contributed by atoms with Crippen molar-refractivity contribution >= 4 is 37.4 Å². The van der Waals surface area contributed by atoms with Gasteiger partial charge in [0, 0.05) is 16.4 Å². The van der Waals surface area contributed by atoms with Crippen molar-refractivity contribution in [2.75, 3.05) is 18.1 Å². The van der Waals surface area contributed by atoms with Gasteiger partial charge in [-0.25, -0.2) is 8.42 Å². The molecule has 2 aromatic carbocycles. The highest BCUT2D eigenvalue weighted by Crippen LogP contribution is 2.65. The molecule has 0 N–H and O–H groups in total. The Bertz CT molecular complexity index is 1020. The molecule has 0 radical (unpaired) electrons. The van der Waals surface area contributed by atoms with Crippen molar-refractivity contribution in [3.05, 3.63) is 42.5 Å². The molecule has 1 heterocycles. The summed E-state index contributed by atoms with van der Waals surface area (Å²) in [7, 11) is -8.82. The van der Waals surface area contributed by atoms with Gasteiger partial charge in [0.15, 0.2) is 0 Å². The Morgan fingerprint density at radius 2 is 1.87 bits per heavy atom. The monoisotopic (exact) mass is 466 g/mol. The summed E-state index contributed by atoms with van der Waals surface area (Å²) >= 11 is 0. The maximum absolute atomic E-state index is 13.1. The van der Waals surface area contributed by atoms with Crippen LogP contribution in [-0.2, 0) is 23.2 Å². The van der Waals surface area contributed by atoms with E-state index < -0.39 is 38.2 Å². The molecule has 0 spiro atoms. The van der Waals surface area contributed by atoms with Gasteiger partial charge in [0.05, 0.1) is 6.61 Å². The maximum Gasteiger partial charge on any atom is 0.523 e. The van der Waals surface area contributed by atoms with Crippen LogP contribution in [0.3, 0.4) is 0 Å². The van der Waals surface area contributed by atoms with E-state index in [0.29, 0.717) is 16.7 Å². The lowest BCUT2D eigenvalue weighted by atomic mass is 10.1. The standard InChI is InChI=1S/C19H21F3O6S2/c1-2-11-26-18(23)27-15-10-12-29(13-15,28-30(24,25)19(20,21)22)17-9-5-7-14-6-3-4-8-16(14)17/h3-9,15H,2,10-13H2,1H3. The van der Waals surface area contributed by atoms with Gasteiger partial charge in [-0.15, -0.1) is 0 Å². The minimum Gasteiger partial charge on any atom is -0.434 e. The second-order valence-corrected chi connectivity index (χ2v) is 11.5. The zero-order valence-electron chi connectivity index (χ0n) is 16.1. The van der Waals surface area contributed by atoms with Crippen molar-refractivity contribution < 1.29 is 39.5 Å². The zero-order chi connectivity index (χ0) is 22.0. The van der Waals surface area contributed by atoms with Crippen molar-refractivity contribution in [2.24, 2.45) is 0 Å². The third kappa shape index (κ3) is 4.68. The Kier molecular flexibility index (Phi) is 6.54. The van der Waals surface area contributed by atoms with Crippen molar-refractivity contribution in [3.8, 4) is 0 Å². The summed E-state index contributed by atoms with van der Waals surface area (Å²) in [6.45, 7) is 1.94. The van der Waals surface area contributed by atoms with Crippen molar-refractivity contribution in [3.63, 3.8) is 0 Å². The SMILES string of the molecule is CCCOC(=O)OC1CCS(OS(=O)(=O)C(F)(F)F)(c2cccc3ccccc23)C1. The fraction of sp³-hybridized carbons (Fsp3) is 0.421. The lowest BCUT2D eigenvalue weighted by Crippen LogP contribution is -2.28. The molecule has 0 aliphatic carbocycles. The quantitative estimate of drug-likeness (QED) is 0.434. The molecule has 6 nitrogen and oxygen atoms in total. The number of fused-ring (bicyclic) bond motifs is 1. The minimum absolute atomic E-state index is 0.00203. The van der Waals surface area contributed by atoms with Crippen LogP contribution < -0.4 is 0 Å². The molecule has 30 heavy (non-hydrogen) atoms. The number of hydrogen-bond acceptors (Lipinski definition) is 6. The Hall–Kier alpha value is -1.98. The summed E-state index contributed by atoms with van der Waals surface area (Å²) in [5.41, 5.74) is -5.56. The van der Waals surface area contributed by atoms with Gasteiger partial charge in [-0.1, -0.05) is 53.6 Å². The second-order valence-electron chi connectivity index (χ2n) is 6.75. The maximum atomic E-state index is 13.1. The van der Waals surface area contributed by atoms with E-state index in [1.165, 1.54) is 0 Å². The van der Waals surface area contributed by atoms with Crippen LogP contribution in [0.2, 0.25) is 0 Å². The number of rotatable bonds is 6. The number of hydrogen-bond donors (Lipinski definition) is 0. The molecular weight excluding hydrogens is 445 g/mol. The molecule has 1 fully saturated rings. The van der Waals surface area contributed by atoms with Gasteiger partial charge in [0.1, 0.15) is 6.10 Å². The average molecular weight is 466 g/mol. The lowest BCUT2D eigenvalue weighted by molar-refractivity contribution is -0.0496. The predicted molar refractivity (Wildman–Crippen MR) is 107 cm³/mol. The molecule has 1 saturated heterocycles.